The second kappa shape index (κ2) is 4.82. The van der Waals surface area contributed by atoms with Crippen LogP contribution in [-0.4, -0.2) is 34.1 Å². The fraction of sp³-hybridized carbons (Fsp3) is 0.500. The van der Waals surface area contributed by atoms with Crippen molar-refractivity contribution >= 4 is 29.7 Å². The van der Waals surface area contributed by atoms with Gasteiger partial charge < -0.3 is 5.11 Å². The monoisotopic (exact) mass is 219 g/mol. The molecule has 0 spiro atoms. The van der Waals surface area contributed by atoms with E-state index in [0.717, 1.165) is 11.8 Å². The Kier molecular flexibility index (Phi) is 3.72. The van der Waals surface area contributed by atoms with Crippen LogP contribution in [0.4, 0.5) is 4.79 Å². The van der Waals surface area contributed by atoms with Crippen molar-refractivity contribution in [3.05, 3.63) is 0 Å². The van der Waals surface area contributed by atoms with Crippen molar-refractivity contribution in [1.29, 1.82) is 0 Å². The lowest BCUT2D eigenvalue weighted by molar-refractivity contribution is -0.136. The summed E-state index contributed by atoms with van der Waals surface area (Å²) in [5, 5.41) is 9.76. The summed E-state index contributed by atoms with van der Waals surface area (Å²) < 4.78 is 0. The second-order valence-corrected chi connectivity index (χ2v) is 3.70. The average Bonchev–Trinajstić information content (AvgIpc) is 2.08. The molecule has 3 amide bonds. The van der Waals surface area contributed by atoms with E-state index in [9.17, 15) is 14.4 Å². The molecule has 1 saturated heterocycles. The minimum absolute atomic E-state index is 0.0237. The molecule has 0 aliphatic carbocycles. The van der Waals surface area contributed by atoms with Gasteiger partial charge in [0.05, 0.1) is 6.42 Å². The minimum atomic E-state index is -0.919. The number of aliphatic carboxylic acids is 1. The van der Waals surface area contributed by atoms with E-state index in [1.807, 2.05) is 5.32 Å². The van der Waals surface area contributed by atoms with Gasteiger partial charge in [-0.3, -0.25) is 20.3 Å². The van der Waals surface area contributed by atoms with Gasteiger partial charge in [0, 0.05) is 5.75 Å². The first-order valence-electron chi connectivity index (χ1n) is 3.79. The van der Waals surface area contributed by atoms with Crippen LogP contribution < -0.4 is 16.2 Å². The molecule has 0 aromatic rings. The van der Waals surface area contributed by atoms with Crippen LogP contribution in [0, 0.1) is 0 Å². The fourth-order valence-corrected chi connectivity index (χ4v) is 1.67. The molecule has 8 heteroatoms. The van der Waals surface area contributed by atoms with Crippen molar-refractivity contribution in [1.82, 2.24) is 16.2 Å². The summed E-state index contributed by atoms with van der Waals surface area (Å²) in [5.74, 6) is -1.09. The molecule has 0 aromatic carbocycles. The Morgan fingerprint density at radius 1 is 1.50 bits per heavy atom. The molecule has 1 aliphatic rings. The van der Waals surface area contributed by atoms with Gasteiger partial charge in [-0.05, 0) is 0 Å². The number of carboxylic acids is 1. The molecule has 1 fully saturated rings. The van der Waals surface area contributed by atoms with E-state index in [4.69, 9.17) is 5.11 Å². The van der Waals surface area contributed by atoms with Crippen LogP contribution >= 0.6 is 11.8 Å². The van der Waals surface area contributed by atoms with Gasteiger partial charge in [-0.1, -0.05) is 0 Å². The fourth-order valence-electron chi connectivity index (χ4n) is 0.787. The summed E-state index contributed by atoms with van der Waals surface area (Å²) in [6.07, 6.45) is -0.0237. The third-order valence-electron chi connectivity index (χ3n) is 1.39. The summed E-state index contributed by atoms with van der Waals surface area (Å²) in [4.78, 5) is 31.8. The Morgan fingerprint density at radius 2 is 2.21 bits per heavy atom. The lowest BCUT2D eigenvalue weighted by atomic mass is 10.5. The highest BCUT2D eigenvalue weighted by Crippen LogP contribution is 2.10. The Morgan fingerprint density at radius 3 is 2.79 bits per heavy atom. The third-order valence-corrected chi connectivity index (χ3v) is 2.50. The van der Waals surface area contributed by atoms with Crippen LogP contribution in [0.1, 0.15) is 6.42 Å². The number of rotatable bonds is 4. The number of thioether (sulfide) groups is 1. The molecule has 0 bridgehead atoms. The first-order chi connectivity index (χ1) is 6.59. The van der Waals surface area contributed by atoms with Gasteiger partial charge in [-0.2, -0.15) is 0 Å². The van der Waals surface area contributed by atoms with E-state index in [0.29, 0.717) is 5.75 Å². The van der Waals surface area contributed by atoms with Gasteiger partial charge in [0.25, 0.3) is 5.91 Å². The smallest absolute Gasteiger partial charge is 0.335 e. The Hall–Kier alpha value is -1.28. The molecule has 7 nitrogen and oxygen atoms in total. The first kappa shape index (κ1) is 10.8. The van der Waals surface area contributed by atoms with Crippen LogP contribution in [0.2, 0.25) is 0 Å². The molecule has 0 radical (unpaired) electrons. The number of hydrazine groups is 1. The molecule has 1 aliphatic heterocycles. The lowest BCUT2D eigenvalue weighted by Gasteiger charge is -2.22. The third kappa shape index (κ3) is 3.23. The maximum atomic E-state index is 11.1. The largest absolute Gasteiger partial charge is 0.481 e. The molecule has 4 N–H and O–H groups in total. The summed E-state index contributed by atoms with van der Waals surface area (Å²) in [6, 6.07) is -0.606. The molecule has 0 aromatic heterocycles. The molecule has 78 valence electrons. The van der Waals surface area contributed by atoms with E-state index >= 15 is 0 Å². The SMILES string of the molecule is O=C(O)CCSC1NNC(=O)NC1=O. The number of carboxylic acid groups (broad SMARTS) is 1. The van der Waals surface area contributed by atoms with E-state index in [2.05, 4.69) is 10.9 Å². The zero-order chi connectivity index (χ0) is 10.6. The Balaban J connectivity index is 2.27. The van der Waals surface area contributed by atoms with E-state index in [-0.39, 0.29) is 6.42 Å². The first-order valence-corrected chi connectivity index (χ1v) is 4.84. The quantitative estimate of drug-likeness (QED) is 0.476. The maximum Gasteiger partial charge on any atom is 0.335 e. The summed E-state index contributed by atoms with van der Waals surface area (Å²) >= 11 is 1.12. The maximum absolute atomic E-state index is 11.1. The van der Waals surface area contributed by atoms with Gasteiger partial charge >= 0.3 is 12.0 Å². The van der Waals surface area contributed by atoms with Crippen molar-refractivity contribution in [2.24, 2.45) is 0 Å². The van der Waals surface area contributed by atoms with Crippen LogP contribution in [0.3, 0.4) is 0 Å². The number of hydrogen-bond donors (Lipinski definition) is 4. The van der Waals surface area contributed by atoms with Gasteiger partial charge in [0.2, 0.25) is 0 Å². The van der Waals surface area contributed by atoms with Crippen molar-refractivity contribution in [3.63, 3.8) is 0 Å². The van der Waals surface area contributed by atoms with E-state index in [1.54, 1.807) is 0 Å². The zero-order valence-electron chi connectivity index (χ0n) is 7.07. The average molecular weight is 219 g/mol. The molecule has 1 unspecified atom stereocenters. The predicted octanol–water partition coefficient (Wildman–Crippen LogP) is -1.14. The molecular weight excluding hydrogens is 210 g/mol. The molecule has 1 heterocycles. The number of carbonyl (C=O) groups is 3. The van der Waals surface area contributed by atoms with Crippen LogP contribution in [0.25, 0.3) is 0 Å². The number of amides is 3. The van der Waals surface area contributed by atoms with Gasteiger partial charge in [-0.15, -0.1) is 11.8 Å². The number of urea groups is 1. The summed E-state index contributed by atoms with van der Waals surface area (Å²) in [6.45, 7) is 0. The van der Waals surface area contributed by atoms with Crippen molar-refractivity contribution in [3.8, 4) is 0 Å². The predicted molar refractivity (Wildman–Crippen MR) is 48.3 cm³/mol. The van der Waals surface area contributed by atoms with E-state index < -0.39 is 23.3 Å². The second-order valence-electron chi connectivity index (χ2n) is 2.48. The molecular formula is C6H9N3O4S. The van der Waals surface area contributed by atoms with Gasteiger partial charge in [0.15, 0.2) is 5.37 Å². The topological polar surface area (TPSA) is 108 Å². The summed E-state index contributed by atoms with van der Waals surface area (Å²) in [7, 11) is 0. The van der Waals surface area contributed by atoms with Crippen LogP contribution in [0.15, 0.2) is 0 Å². The number of carbonyl (C=O) groups excluding carboxylic acids is 2. The highest BCUT2D eigenvalue weighted by molar-refractivity contribution is 8.00. The van der Waals surface area contributed by atoms with Gasteiger partial charge in [-0.25, -0.2) is 10.2 Å². The van der Waals surface area contributed by atoms with Crippen molar-refractivity contribution in [2.45, 2.75) is 11.8 Å². The molecule has 1 atom stereocenters. The minimum Gasteiger partial charge on any atom is -0.481 e. The highest BCUT2D eigenvalue weighted by Gasteiger charge is 2.25. The standard InChI is InChI=1S/C6H9N3O4S/c10-3(11)1-2-14-5-4(12)7-6(13)9-8-5/h5,8H,1-2H2,(H,10,11)(H2,7,9,12,13). The van der Waals surface area contributed by atoms with E-state index in [1.165, 1.54) is 0 Å². The van der Waals surface area contributed by atoms with Crippen molar-refractivity contribution < 1.29 is 19.5 Å². The van der Waals surface area contributed by atoms with Crippen LogP contribution in [0.5, 0.6) is 0 Å². The Labute approximate surface area is 83.6 Å². The normalized spacial score (nSPS) is 21.3. The lowest BCUT2D eigenvalue weighted by Crippen LogP contribution is -2.61. The molecule has 14 heavy (non-hydrogen) atoms. The van der Waals surface area contributed by atoms with Crippen LogP contribution in [-0.2, 0) is 9.59 Å². The van der Waals surface area contributed by atoms with Gasteiger partial charge in [0.1, 0.15) is 0 Å². The number of imide groups is 1. The highest BCUT2D eigenvalue weighted by atomic mass is 32.2. The number of nitrogens with one attached hydrogen (secondary N) is 3. The van der Waals surface area contributed by atoms with Crippen molar-refractivity contribution in [2.75, 3.05) is 5.75 Å². The number of hydrogen-bond acceptors (Lipinski definition) is 5. The Bertz CT molecular complexity index is 270. The summed E-state index contributed by atoms with van der Waals surface area (Å²) in [5.41, 5.74) is 4.66. The molecule has 0 saturated carbocycles. The molecule has 1 rings (SSSR count). The zero-order valence-corrected chi connectivity index (χ0v) is 7.89.